The molecule has 2 amide bonds. The van der Waals surface area contributed by atoms with Gasteiger partial charge in [-0.2, -0.15) is 0 Å². The molecule has 7 heteroatoms. The van der Waals surface area contributed by atoms with Gasteiger partial charge in [-0.3, -0.25) is 20.4 Å². The fourth-order valence-electron chi connectivity index (χ4n) is 2.73. The van der Waals surface area contributed by atoms with Crippen LogP contribution in [0.15, 0.2) is 36.5 Å². The highest BCUT2D eigenvalue weighted by Gasteiger charge is 2.21. The molecule has 1 aromatic heterocycles. The van der Waals surface area contributed by atoms with Crippen LogP contribution in [0.4, 0.5) is 0 Å². The molecular formula is C19H21N3O4. The van der Waals surface area contributed by atoms with Crippen LogP contribution in [0.5, 0.6) is 11.5 Å². The Hall–Kier alpha value is -3.22. The second kappa shape index (κ2) is 7.77. The zero-order valence-corrected chi connectivity index (χ0v) is 14.7. The van der Waals surface area contributed by atoms with Crippen molar-refractivity contribution in [2.24, 2.45) is 0 Å². The van der Waals surface area contributed by atoms with Gasteiger partial charge in [0.2, 0.25) is 0 Å². The Labute approximate surface area is 151 Å². The number of carbonyl (C=O) groups is 2. The number of fused-ring (bicyclic) bond motifs is 1. The van der Waals surface area contributed by atoms with Crippen molar-refractivity contribution in [3.63, 3.8) is 0 Å². The van der Waals surface area contributed by atoms with E-state index in [1.54, 1.807) is 24.4 Å². The third kappa shape index (κ3) is 4.05. The maximum atomic E-state index is 12.0. The topological polar surface area (TPSA) is 92.5 Å². The molecule has 0 saturated carbocycles. The molecule has 2 aromatic rings. The zero-order chi connectivity index (χ0) is 18.5. The van der Waals surface area contributed by atoms with E-state index < -0.39 is 11.8 Å². The van der Waals surface area contributed by atoms with E-state index in [4.69, 9.17) is 9.47 Å². The number of hydrogen-bond donors (Lipinski definition) is 3. The molecule has 2 heterocycles. The van der Waals surface area contributed by atoms with E-state index in [9.17, 15) is 9.59 Å². The maximum absolute atomic E-state index is 12.0. The molecule has 0 aliphatic carbocycles. The van der Waals surface area contributed by atoms with Crippen molar-refractivity contribution in [2.75, 3.05) is 6.61 Å². The van der Waals surface area contributed by atoms with Crippen molar-refractivity contribution in [1.82, 2.24) is 15.8 Å². The number of aromatic amines is 1. The van der Waals surface area contributed by atoms with E-state index in [0.717, 1.165) is 23.3 Å². The first-order valence-corrected chi connectivity index (χ1v) is 8.45. The minimum absolute atomic E-state index is 0.130. The van der Waals surface area contributed by atoms with Crippen LogP contribution < -0.4 is 20.3 Å². The molecule has 1 aromatic carbocycles. The average molecular weight is 355 g/mol. The number of ether oxygens (including phenoxy) is 2. The van der Waals surface area contributed by atoms with E-state index in [-0.39, 0.29) is 6.10 Å². The van der Waals surface area contributed by atoms with Gasteiger partial charge in [0.25, 0.3) is 11.8 Å². The van der Waals surface area contributed by atoms with Gasteiger partial charge in [-0.25, -0.2) is 0 Å². The normalized spacial score (nSPS) is 15.4. The third-order valence-corrected chi connectivity index (χ3v) is 3.88. The summed E-state index contributed by atoms with van der Waals surface area (Å²) in [4.78, 5) is 26.5. The third-order valence-electron chi connectivity index (χ3n) is 3.88. The molecule has 1 aliphatic rings. The Kier molecular flexibility index (Phi) is 5.26. The van der Waals surface area contributed by atoms with E-state index in [0.29, 0.717) is 18.1 Å². The summed E-state index contributed by atoms with van der Waals surface area (Å²) in [6.45, 7) is 4.44. The average Bonchev–Trinajstić information content (AvgIpc) is 3.26. The molecule has 7 nitrogen and oxygen atoms in total. The van der Waals surface area contributed by atoms with Crippen LogP contribution in [0.2, 0.25) is 0 Å². The highest BCUT2D eigenvalue weighted by molar-refractivity contribution is 5.97. The van der Waals surface area contributed by atoms with Gasteiger partial charge >= 0.3 is 0 Å². The molecule has 136 valence electrons. The standard InChI is InChI=1S/C19H21N3O4/c1-3-25-16-11-14-9-12(2)26-17(14)10-13(16)6-7-18(23)21-22-19(24)15-5-4-8-20-15/h4-8,10-12,20H,3,9H2,1-2H3,(H,21,23)(H,22,24)/b7-6+/t12-/m0/s1. The van der Waals surface area contributed by atoms with Gasteiger partial charge in [0.1, 0.15) is 23.3 Å². The minimum Gasteiger partial charge on any atom is -0.493 e. The molecule has 0 radical (unpaired) electrons. The first-order chi connectivity index (χ1) is 12.6. The molecular weight excluding hydrogens is 334 g/mol. The highest BCUT2D eigenvalue weighted by Crippen LogP contribution is 2.35. The Morgan fingerprint density at radius 2 is 2.23 bits per heavy atom. The number of carbonyl (C=O) groups excluding carboxylic acids is 2. The van der Waals surface area contributed by atoms with Crippen molar-refractivity contribution in [1.29, 1.82) is 0 Å². The number of nitrogens with one attached hydrogen (secondary N) is 3. The van der Waals surface area contributed by atoms with Gasteiger partial charge in [0, 0.05) is 29.8 Å². The molecule has 26 heavy (non-hydrogen) atoms. The second-order valence-corrected chi connectivity index (χ2v) is 5.92. The van der Waals surface area contributed by atoms with Gasteiger partial charge in [-0.05, 0) is 44.2 Å². The molecule has 0 fully saturated rings. The van der Waals surface area contributed by atoms with E-state index in [1.807, 2.05) is 26.0 Å². The smallest absolute Gasteiger partial charge is 0.286 e. The van der Waals surface area contributed by atoms with Crippen LogP contribution in [0.25, 0.3) is 6.08 Å². The fraction of sp³-hybridized carbons (Fsp3) is 0.263. The van der Waals surface area contributed by atoms with Gasteiger partial charge in [-0.1, -0.05) is 0 Å². The largest absolute Gasteiger partial charge is 0.493 e. The number of hydrazine groups is 1. The zero-order valence-electron chi connectivity index (χ0n) is 14.7. The van der Waals surface area contributed by atoms with Crippen molar-refractivity contribution in [3.05, 3.63) is 53.4 Å². The molecule has 0 bridgehead atoms. The Morgan fingerprint density at radius 3 is 2.96 bits per heavy atom. The van der Waals surface area contributed by atoms with Crippen LogP contribution in [0.3, 0.4) is 0 Å². The van der Waals surface area contributed by atoms with E-state index >= 15 is 0 Å². The summed E-state index contributed by atoms with van der Waals surface area (Å²) in [5, 5.41) is 0. The predicted octanol–water partition coefficient (Wildman–Crippen LogP) is 2.21. The van der Waals surface area contributed by atoms with Crippen LogP contribution in [-0.4, -0.2) is 29.5 Å². The Balaban J connectivity index is 1.66. The first kappa shape index (κ1) is 17.6. The summed E-state index contributed by atoms with van der Waals surface area (Å²) in [6.07, 6.45) is 5.56. The lowest BCUT2D eigenvalue weighted by molar-refractivity contribution is -0.117. The number of benzene rings is 1. The number of hydrogen-bond acceptors (Lipinski definition) is 4. The van der Waals surface area contributed by atoms with Crippen molar-refractivity contribution < 1.29 is 19.1 Å². The number of rotatable bonds is 5. The second-order valence-electron chi connectivity index (χ2n) is 5.92. The minimum atomic E-state index is -0.456. The molecule has 3 N–H and O–H groups in total. The van der Waals surface area contributed by atoms with Gasteiger partial charge < -0.3 is 14.5 Å². The number of amides is 2. The lowest BCUT2D eigenvalue weighted by atomic mass is 10.1. The maximum Gasteiger partial charge on any atom is 0.286 e. The number of H-pyrrole nitrogens is 1. The summed E-state index contributed by atoms with van der Waals surface area (Å²) < 4.78 is 11.4. The predicted molar refractivity (Wildman–Crippen MR) is 96.8 cm³/mol. The van der Waals surface area contributed by atoms with Crippen LogP contribution >= 0.6 is 0 Å². The van der Waals surface area contributed by atoms with Crippen molar-refractivity contribution in [3.8, 4) is 11.5 Å². The molecule has 0 unspecified atom stereocenters. The lowest BCUT2D eigenvalue weighted by Gasteiger charge is -2.10. The van der Waals surface area contributed by atoms with Crippen LogP contribution in [0, 0.1) is 0 Å². The fourth-order valence-corrected chi connectivity index (χ4v) is 2.73. The molecule has 3 rings (SSSR count). The quantitative estimate of drug-likeness (QED) is 0.566. The Bertz CT molecular complexity index is 828. The SMILES string of the molecule is CCOc1cc2c(cc1/C=C/C(=O)NNC(=O)c1ccc[nH]1)O[C@@H](C)C2. The van der Waals surface area contributed by atoms with Gasteiger partial charge in [0.15, 0.2) is 0 Å². The van der Waals surface area contributed by atoms with Crippen molar-refractivity contribution in [2.45, 2.75) is 26.4 Å². The summed E-state index contributed by atoms with van der Waals surface area (Å²) >= 11 is 0. The molecule has 1 aliphatic heterocycles. The van der Waals surface area contributed by atoms with Gasteiger partial charge in [0.05, 0.1) is 6.61 Å². The summed E-state index contributed by atoms with van der Waals surface area (Å²) in [6, 6.07) is 7.12. The Morgan fingerprint density at radius 1 is 1.38 bits per heavy atom. The van der Waals surface area contributed by atoms with Crippen molar-refractivity contribution >= 4 is 17.9 Å². The highest BCUT2D eigenvalue weighted by atomic mass is 16.5. The lowest BCUT2D eigenvalue weighted by Crippen LogP contribution is -2.40. The molecule has 0 saturated heterocycles. The van der Waals surface area contributed by atoms with Crippen LogP contribution in [0.1, 0.15) is 35.5 Å². The summed E-state index contributed by atoms with van der Waals surface area (Å²) in [7, 11) is 0. The summed E-state index contributed by atoms with van der Waals surface area (Å²) in [5.74, 6) is 0.623. The number of aromatic nitrogens is 1. The first-order valence-electron chi connectivity index (χ1n) is 8.45. The van der Waals surface area contributed by atoms with E-state index in [1.165, 1.54) is 6.08 Å². The van der Waals surface area contributed by atoms with Crippen LogP contribution in [-0.2, 0) is 11.2 Å². The van der Waals surface area contributed by atoms with E-state index in [2.05, 4.69) is 15.8 Å². The molecule has 0 spiro atoms. The summed E-state index contributed by atoms with van der Waals surface area (Å²) in [5.41, 5.74) is 6.86. The van der Waals surface area contributed by atoms with Gasteiger partial charge in [-0.15, -0.1) is 0 Å². The monoisotopic (exact) mass is 355 g/mol. The molecule has 1 atom stereocenters.